The van der Waals surface area contributed by atoms with Crippen LogP contribution in [0.1, 0.15) is 6.42 Å². The first-order valence-electron chi connectivity index (χ1n) is 6.73. The largest absolute Gasteiger partial charge is 0.345 e. The van der Waals surface area contributed by atoms with Crippen LogP contribution < -0.4 is 15.5 Å². The van der Waals surface area contributed by atoms with Crippen molar-refractivity contribution in [3.8, 4) is 0 Å². The second kappa shape index (κ2) is 4.74. The summed E-state index contributed by atoms with van der Waals surface area (Å²) in [6, 6.07) is 17.1. The summed E-state index contributed by atoms with van der Waals surface area (Å²) in [5.74, 6) is 0. The highest BCUT2D eigenvalue weighted by Crippen LogP contribution is 2.28. The first-order chi connectivity index (χ1) is 9.81. The number of benzene rings is 2. The lowest BCUT2D eigenvalue weighted by Crippen LogP contribution is -2.26. The molecule has 2 aliphatic heterocycles. The fourth-order valence-corrected chi connectivity index (χ4v) is 3.17. The van der Waals surface area contributed by atoms with E-state index in [9.17, 15) is 0 Å². The first-order valence-corrected chi connectivity index (χ1v) is 7.80. The number of anilines is 1. The Labute approximate surface area is 131 Å². The van der Waals surface area contributed by atoms with E-state index in [1.807, 2.05) is 0 Å². The average Bonchev–Trinajstić information content (AvgIpc) is 2.85. The van der Waals surface area contributed by atoms with Gasteiger partial charge in [-0.15, -0.1) is 0 Å². The molecule has 0 saturated carbocycles. The van der Waals surface area contributed by atoms with Gasteiger partial charge in [0.25, 0.3) is 0 Å². The minimum atomic E-state index is 1.02. The molecule has 0 atom stereocenters. The highest BCUT2D eigenvalue weighted by molar-refractivity contribution is 14.1. The van der Waals surface area contributed by atoms with Gasteiger partial charge in [-0.2, -0.15) is 0 Å². The van der Waals surface area contributed by atoms with Gasteiger partial charge in [-0.05, 0) is 64.9 Å². The molecule has 0 aromatic heterocycles. The third-order valence-electron chi connectivity index (χ3n) is 3.82. The lowest BCUT2D eigenvalue weighted by atomic mass is 10.0. The van der Waals surface area contributed by atoms with Gasteiger partial charge in [-0.3, -0.25) is 0 Å². The first kappa shape index (κ1) is 12.1. The molecular weight excluding hydrogens is 359 g/mol. The van der Waals surface area contributed by atoms with Gasteiger partial charge in [-0.25, -0.2) is 4.99 Å². The van der Waals surface area contributed by atoms with E-state index in [0.717, 1.165) is 24.0 Å². The summed E-state index contributed by atoms with van der Waals surface area (Å²) in [6.45, 7) is 1.02. The Morgan fingerprint density at radius 1 is 1.00 bits per heavy atom. The molecule has 2 heterocycles. The highest BCUT2D eigenvalue weighted by Gasteiger charge is 2.19. The molecule has 98 valence electrons. The van der Waals surface area contributed by atoms with Crippen LogP contribution in [0, 0.1) is 3.57 Å². The molecule has 2 aliphatic rings. The lowest BCUT2D eigenvalue weighted by molar-refractivity contribution is 0.906. The maximum atomic E-state index is 4.75. The highest BCUT2D eigenvalue weighted by atomic mass is 127. The number of halogens is 1. The van der Waals surface area contributed by atoms with Crippen molar-refractivity contribution in [2.75, 3.05) is 11.4 Å². The zero-order valence-corrected chi connectivity index (χ0v) is 13.0. The van der Waals surface area contributed by atoms with Crippen LogP contribution in [0.25, 0.3) is 5.57 Å². The number of para-hydroxylation sites is 1. The molecule has 0 amide bonds. The van der Waals surface area contributed by atoms with E-state index in [4.69, 9.17) is 4.99 Å². The van der Waals surface area contributed by atoms with Crippen molar-refractivity contribution in [2.24, 2.45) is 4.99 Å². The van der Waals surface area contributed by atoms with Crippen molar-refractivity contribution in [3.63, 3.8) is 0 Å². The summed E-state index contributed by atoms with van der Waals surface area (Å²) in [5, 5.41) is 2.42. The van der Waals surface area contributed by atoms with Crippen molar-refractivity contribution < 1.29 is 0 Å². The quantitative estimate of drug-likeness (QED) is 0.703. The summed E-state index contributed by atoms with van der Waals surface area (Å²) in [7, 11) is 0. The van der Waals surface area contributed by atoms with Gasteiger partial charge in [0, 0.05) is 27.2 Å². The van der Waals surface area contributed by atoms with Crippen LogP contribution in [0.4, 0.5) is 5.69 Å². The normalized spacial score (nSPS) is 16.4. The molecule has 20 heavy (non-hydrogen) atoms. The Balaban J connectivity index is 1.79. The van der Waals surface area contributed by atoms with Gasteiger partial charge >= 0.3 is 0 Å². The van der Waals surface area contributed by atoms with Crippen LogP contribution in [0.5, 0.6) is 0 Å². The number of hydrogen-bond acceptors (Lipinski definition) is 2. The predicted octanol–water partition coefficient (Wildman–Crippen LogP) is 2.83. The Morgan fingerprint density at radius 2 is 1.80 bits per heavy atom. The second-order valence-corrected chi connectivity index (χ2v) is 6.29. The lowest BCUT2D eigenvalue weighted by Gasteiger charge is -2.26. The Morgan fingerprint density at radius 3 is 2.65 bits per heavy atom. The molecule has 4 rings (SSSR count). The Bertz CT molecular complexity index is 819. The number of allylic oxidation sites excluding steroid dienone is 1. The zero-order chi connectivity index (χ0) is 13.5. The molecule has 0 bridgehead atoms. The van der Waals surface area contributed by atoms with Gasteiger partial charge < -0.3 is 4.90 Å². The molecule has 0 fully saturated rings. The van der Waals surface area contributed by atoms with Crippen molar-refractivity contribution in [1.29, 1.82) is 0 Å². The van der Waals surface area contributed by atoms with Crippen LogP contribution in [-0.4, -0.2) is 6.54 Å². The summed E-state index contributed by atoms with van der Waals surface area (Å²) >= 11 is 2.34. The number of hydrogen-bond donors (Lipinski definition) is 0. The summed E-state index contributed by atoms with van der Waals surface area (Å²) in [4.78, 5) is 7.04. The molecule has 2 aromatic rings. The topological polar surface area (TPSA) is 15.6 Å². The third kappa shape index (κ3) is 1.97. The van der Waals surface area contributed by atoms with E-state index >= 15 is 0 Å². The van der Waals surface area contributed by atoms with Gasteiger partial charge in [0.15, 0.2) is 0 Å². The Hall–Kier alpha value is -1.62. The molecule has 0 radical (unpaired) electrons. The van der Waals surface area contributed by atoms with Gasteiger partial charge in [-0.1, -0.05) is 18.2 Å². The molecule has 0 N–H and O–H groups in total. The zero-order valence-electron chi connectivity index (χ0n) is 10.9. The van der Waals surface area contributed by atoms with Crippen molar-refractivity contribution in [2.45, 2.75) is 6.42 Å². The predicted molar refractivity (Wildman–Crippen MR) is 89.8 cm³/mol. The molecule has 0 unspecified atom stereocenters. The standard InChI is InChI=1S/C17H13IN2/c18-12-5-7-13(8-6-12)20-10-9-15-14-3-1-2-4-16(14)19-17(15)11-20/h1-8,11H,9-10H2. The average molecular weight is 372 g/mol. The SMILES string of the molecule is Ic1ccc(N2C=C3N=c4ccccc4=C3CC2)cc1. The summed E-state index contributed by atoms with van der Waals surface area (Å²) in [6.07, 6.45) is 3.24. The molecule has 2 aromatic carbocycles. The Kier molecular flexibility index (Phi) is 2.88. The minimum Gasteiger partial charge on any atom is -0.345 e. The van der Waals surface area contributed by atoms with E-state index in [0.29, 0.717) is 0 Å². The molecular formula is C17H13IN2. The molecule has 0 spiro atoms. The maximum absolute atomic E-state index is 4.75. The molecule has 0 saturated heterocycles. The van der Waals surface area contributed by atoms with Crippen molar-refractivity contribution >= 4 is 33.9 Å². The van der Waals surface area contributed by atoms with Crippen LogP contribution >= 0.6 is 22.6 Å². The van der Waals surface area contributed by atoms with Crippen molar-refractivity contribution in [1.82, 2.24) is 0 Å². The maximum Gasteiger partial charge on any atom is 0.0838 e. The van der Waals surface area contributed by atoms with Crippen LogP contribution in [-0.2, 0) is 0 Å². The van der Waals surface area contributed by atoms with Gasteiger partial charge in [0.05, 0.1) is 11.1 Å². The second-order valence-electron chi connectivity index (χ2n) is 5.04. The van der Waals surface area contributed by atoms with Gasteiger partial charge in [0.2, 0.25) is 0 Å². The van der Waals surface area contributed by atoms with Crippen molar-refractivity contribution in [3.05, 3.63) is 74.6 Å². The third-order valence-corrected chi connectivity index (χ3v) is 4.54. The van der Waals surface area contributed by atoms with Crippen LogP contribution in [0.2, 0.25) is 0 Å². The molecule has 2 nitrogen and oxygen atoms in total. The van der Waals surface area contributed by atoms with E-state index in [-0.39, 0.29) is 0 Å². The van der Waals surface area contributed by atoms with E-state index in [1.165, 1.54) is 20.0 Å². The smallest absolute Gasteiger partial charge is 0.0838 e. The number of nitrogens with zero attached hydrogens (tertiary/aromatic N) is 2. The summed E-state index contributed by atoms with van der Waals surface area (Å²) < 4.78 is 1.27. The number of fused-ring (bicyclic) bond motifs is 2. The molecule has 3 heteroatoms. The number of rotatable bonds is 1. The van der Waals surface area contributed by atoms with E-state index < -0.39 is 0 Å². The van der Waals surface area contributed by atoms with E-state index in [1.54, 1.807) is 0 Å². The minimum absolute atomic E-state index is 1.02. The van der Waals surface area contributed by atoms with Crippen LogP contribution in [0.3, 0.4) is 0 Å². The monoisotopic (exact) mass is 372 g/mol. The summed E-state index contributed by atoms with van der Waals surface area (Å²) in [5.41, 5.74) is 3.75. The fourth-order valence-electron chi connectivity index (χ4n) is 2.81. The molecule has 0 aliphatic carbocycles. The fraction of sp³-hybridized carbons (Fsp3) is 0.118. The van der Waals surface area contributed by atoms with Crippen LogP contribution in [0.15, 0.2) is 65.4 Å². The van der Waals surface area contributed by atoms with Gasteiger partial charge in [0.1, 0.15) is 0 Å². The van der Waals surface area contributed by atoms with E-state index in [2.05, 4.69) is 82.2 Å².